The minimum atomic E-state index is -0.101. The van der Waals surface area contributed by atoms with Crippen LogP contribution in [0.1, 0.15) is 49.3 Å². The van der Waals surface area contributed by atoms with Crippen LogP contribution in [-0.2, 0) is 0 Å². The van der Waals surface area contributed by atoms with Gasteiger partial charge in [-0.2, -0.15) is 0 Å². The van der Waals surface area contributed by atoms with Crippen molar-refractivity contribution in [1.82, 2.24) is 15.5 Å². The molecule has 17 heavy (non-hydrogen) atoms. The van der Waals surface area contributed by atoms with Gasteiger partial charge in [-0.1, -0.05) is 24.2 Å². The Bertz CT molecular complexity index is 398. The molecule has 0 spiro atoms. The number of amides is 1. The lowest BCUT2D eigenvalue weighted by atomic mass is 10.0. The van der Waals surface area contributed by atoms with Gasteiger partial charge >= 0.3 is 0 Å². The Balaban J connectivity index is 1.98. The van der Waals surface area contributed by atoms with Crippen molar-refractivity contribution < 1.29 is 4.79 Å². The summed E-state index contributed by atoms with van der Waals surface area (Å²) in [7, 11) is 0. The van der Waals surface area contributed by atoms with E-state index in [1.165, 1.54) is 24.2 Å². The number of anilines is 1. The lowest BCUT2D eigenvalue weighted by Crippen LogP contribution is -2.43. The van der Waals surface area contributed by atoms with Gasteiger partial charge in [0.25, 0.3) is 5.91 Å². The highest BCUT2D eigenvalue weighted by Gasteiger charge is 2.31. The fourth-order valence-corrected chi connectivity index (χ4v) is 2.85. The van der Waals surface area contributed by atoms with Gasteiger partial charge < -0.3 is 10.6 Å². The average Bonchev–Trinajstić information content (AvgIpc) is 2.88. The molecule has 1 fully saturated rings. The topological polar surface area (TPSA) is 66.9 Å². The first-order chi connectivity index (χ1) is 8.13. The van der Waals surface area contributed by atoms with Crippen molar-refractivity contribution in [2.24, 2.45) is 0 Å². The van der Waals surface area contributed by atoms with Crippen LogP contribution in [0.15, 0.2) is 0 Å². The maximum absolute atomic E-state index is 12.0. The zero-order valence-corrected chi connectivity index (χ0v) is 11.1. The molecule has 0 aromatic carbocycles. The average molecular weight is 254 g/mol. The van der Waals surface area contributed by atoms with Crippen LogP contribution in [0.25, 0.3) is 0 Å². The molecule has 2 rings (SSSR count). The zero-order chi connectivity index (χ0) is 12.3. The molecule has 6 heteroatoms. The van der Waals surface area contributed by atoms with Gasteiger partial charge in [0.1, 0.15) is 0 Å². The van der Waals surface area contributed by atoms with Gasteiger partial charge in [-0.25, -0.2) is 0 Å². The Labute approximate surface area is 105 Å². The quantitative estimate of drug-likeness (QED) is 0.862. The van der Waals surface area contributed by atoms with Crippen molar-refractivity contribution in [3.05, 3.63) is 5.01 Å². The number of aromatic nitrogens is 2. The fourth-order valence-electron chi connectivity index (χ4n) is 2.15. The van der Waals surface area contributed by atoms with E-state index in [-0.39, 0.29) is 11.4 Å². The van der Waals surface area contributed by atoms with Crippen LogP contribution in [0.4, 0.5) is 5.13 Å². The molecule has 0 saturated heterocycles. The number of hydrogen-bond acceptors (Lipinski definition) is 5. The Morgan fingerprint density at radius 1 is 1.41 bits per heavy atom. The molecule has 0 bridgehead atoms. The minimum absolute atomic E-state index is 0.0545. The van der Waals surface area contributed by atoms with E-state index in [4.69, 9.17) is 0 Å². The van der Waals surface area contributed by atoms with Gasteiger partial charge in [-0.15, -0.1) is 10.2 Å². The smallest absolute Gasteiger partial charge is 0.282 e. The normalized spacial score (nSPS) is 18.0. The van der Waals surface area contributed by atoms with Crippen molar-refractivity contribution in [3.8, 4) is 0 Å². The molecule has 1 amide bonds. The first kappa shape index (κ1) is 12.3. The van der Waals surface area contributed by atoms with E-state index in [9.17, 15) is 4.79 Å². The maximum Gasteiger partial charge on any atom is 0.282 e. The molecule has 1 aromatic rings. The summed E-state index contributed by atoms with van der Waals surface area (Å²) in [5.74, 6) is -0.101. The van der Waals surface area contributed by atoms with Crippen LogP contribution in [0.2, 0.25) is 0 Å². The minimum Gasteiger partial charge on any atom is -0.360 e. The molecule has 5 nitrogen and oxygen atoms in total. The van der Waals surface area contributed by atoms with E-state index in [1.54, 1.807) is 0 Å². The molecule has 1 aromatic heterocycles. The summed E-state index contributed by atoms with van der Waals surface area (Å²) in [5.41, 5.74) is -0.0545. The summed E-state index contributed by atoms with van der Waals surface area (Å²) in [6.07, 6.45) is 4.49. The second-order valence-electron chi connectivity index (χ2n) is 4.66. The predicted molar refractivity (Wildman–Crippen MR) is 68.4 cm³/mol. The number of carbonyl (C=O) groups excluding carboxylic acids is 1. The van der Waals surface area contributed by atoms with Gasteiger partial charge in [0.2, 0.25) is 10.1 Å². The summed E-state index contributed by atoms with van der Waals surface area (Å²) in [5, 5.41) is 15.1. The highest BCUT2D eigenvalue weighted by atomic mass is 32.1. The van der Waals surface area contributed by atoms with Crippen molar-refractivity contribution in [2.75, 3.05) is 11.9 Å². The van der Waals surface area contributed by atoms with E-state index in [0.29, 0.717) is 10.1 Å². The van der Waals surface area contributed by atoms with Crippen LogP contribution < -0.4 is 10.6 Å². The van der Waals surface area contributed by atoms with Crippen LogP contribution in [-0.4, -0.2) is 28.2 Å². The molecule has 1 aliphatic carbocycles. The zero-order valence-electron chi connectivity index (χ0n) is 10.2. The highest BCUT2D eigenvalue weighted by molar-refractivity contribution is 7.17. The summed E-state index contributed by atoms with van der Waals surface area (Å²) in [6.45, 7) is 4.87. The van der Waals surface area contributed by atoms with E-state index >= 15 is 0 Å². The molecule has 0 atom stereocenters. The molecule has 0 radical (unpaired) electrons. The molecular formula is C11H18N4OS. The third-order valence-corrected chi connectivity index (χ3v) is 3.95. The Morgan fingerprint density at radius 2 is 2.12 bits per heavy atom. The lowest BCUT2D eigenvalue weighted by Gasteiger charge is -2.24. The summed E-state index contributed by atoms with van der Waals surface area (Å²) >= 11 is 1.30. The van der Waals surface area contributed by atoms with Crippen molar-refractivity contribution >= 4 is 22.4 Å². The van der Waals surface area contributed by atoms with E-state index in [2.05, 4.69) is 27.8 Å². The number of nitrogens with one attached hydrogen (secondary N) is 2. The van der Waals surface area contributed by atoms with E-state index in [0.717, 1.165) is 19.4 Å². The molecule has 94 valence electrons. The second kappa shape index (κ2) is 5.00. The van der Waals surface area contributed by atoms with Crippen molar-refractivity contribution in [2.45, 2.75) is 45.1 Å². The van der Waals surface area contributed by atoms with Crippen molar-refractivity contribution in [3.63, 3.8) is 0 Å². The first-order valence-corrected chi connectivity index (χ1v) is 6.84. The standard InChI is InChI=1S/C11H18N4OS/c1-3-12-10-15-14-9(17-10)8(16)13-11(2)6-4-5-7-11/h3-7H2,1-2H3,(H,12,15)(H,13,16). The molecular weight excluding hydrogens is 236 g/mol. The summed E-state index contributed by atoms with van der Waals surface area (Å²) in [4.78, 5) is 12.0. The van der Waals surface area contributed by atoms with E-state index < -0.39 is 0 Å². The van der Waals surface area contributed by atoms with E-state index in [1.807, 2.05) is 6.92 Å². The Hall–Kier alpha value is -1.17. The number of rotatable bonds is 4. The summed E-state index contributed by atoms with van der Waals surface area (Å²) in [6, 6.07) is 0. The van der Waals surface area contributed by atoms with Gasteiger partial charge in [-0.3, -0.25) is 4.79 Å². The fraction of sp³-hybridized carbons (Fsp3) is 0.727. The molecule has 1 aliphatic rings. The van der Waals surface area contributed by atoms with Crippen LogP contribution in [0, 0.1) is 0 Å². The number of carbonyl (C=O) groups is 1. The van der Waals surface area contributed by atoms with Crippen LogP contribution in [0.5, 0.6) is 0 Å². The third-order valence-electron chi connectivity index (χ3n) is 3.07. The second-order valence-corrected chi connectivity index (χ2v) is 5.64. The van der Waals surface area contributed by atoms with Gasteiger partial charge in [0, 0.05) is 12.1 Å². The van der Waals surface area contributed by atoms with Crippen molar-refractivity contribution in [1.29, 1.82) is 0 Å². The Morgan fingerprint density at radius 3 is 2.76 bits per heavy atom. The predicted octanol–water partition coefficient (Wildman–Crippen LogP) is 2.03. The molecule has 2 N–H and O–H groups in total. The molecule has 0 unspecified atom stereocenters. The molecule has 1 heterocycles. The van der Waals surface area contributed by atoms with Crippen LogP contribution in [0.3, 0.4) is 0 Å². The monoisotopic (exact) mass is 254 g/mol. The van der Waals surface area contributed by atoms with Gasteiger partial charge in [0.15, 0.2) is 0 Å². The largest absolute Gasteiger partial charge is 0.360 e. The lowest BCUT2D eigenvalue weighted by molar-refractivity contribution is 0.0907. The summed E-state index contributed by atoms with van der Waals surface area (Å²) < 4.78 is 0. The third kappa shape index (κ3) is 2.94. The SMILES string of the molecule is CCNc1nnc(C(=O)NC2(C)CCCC2)s1. The van der Waals surface area contributed by atoms with Gasteiger partial charge in [-0.05, 0) is 26.7 Å². The number of nitrogens with zero attached hydrogens (tertiary/aromatic N) is 2. The van der Waals surface area contributed by atoms with Crippen LogP contribution >= 0.6 is 11.3 Å². The molecule has 1 saturated carbocycles. The van der Waals surface area contributed by atoms with Gasteiger partial charge in [0.05, 0.1) is 0 Å². The highest BCUT2D eigenvalue weighted by Crippen LogP contribution is 2.29. The Kier molecular flexibility index (Phi) is 3.61. The maximum atomic E-state index is 12.0. The number of hydrogen-bond donors (Lipinski definition) is 2. The molecule has 0 aliphatic heterocycles. The first-order valence-electron chi connectivity index (χ1n) is 6.03.